The Morgan fingerprint density at radius 2 is 1.78 bits per heavy atom. The van der Waals surface area contributed by atoms with Crippen LogP contribution in [-0.4, -0.2) is 45.8 Å². The van der Waals surface area contributed by atoms with Crippen molar-refractivity contribution < 1.29 is 28.6 Å². The van der Waals surface area contributed by atoms with Gasteiger partial charge in [0.2, 0.25) is 0 Å². The van der Waals surface area contributed by atoms with Crippen LogP contribution in [0.25, 0.3) is 6.08 Å². The highest BCUT2D eigenvalue weighted by atomic mass is 16.6. The summed E-state index contributed by atoms with van der Waals surface area (Å²) in [6.07, 6.45) is 9.23. The van der Waals surface area contributed by atoms with E-state index in [9.17, 15) is 14.4 Å². The van der Waals surface area contributed by atoms with E-state index in [0.717, 1.165) is 22.3 Å². The van der Waals surface area contributed by atoms with Gasteiger partial charge in [0.1, 0.15) is 12.2 Å². The van der Waals surface area contributed by atoms with Gasteiger partial charge in [-0.25, -0.2) is 9.78 Å². The standard InChI is InChI=1S/C29H36N2O6/c1-18(2)24-12-10-19(3)25-15-28(37-29(34)13-11-22-16-31(6)17-30-22)27(36-21(5)33)9-7-8-23(14-26(24)25)35-20(4)32/h7,9-13,16-18,23,27-28H,8,14-15H2,1-6H3. The Morgan fingerprint density at radius 1 is 1.05 bits per heavy atom. The molecule has 0 radical (unpaired) electrons. The fourth-order valence-corrected chi connectivity index (χ4v) is 4.61. The highest BCUT2D eigenvalue weighted by molar-refractivity contribution is 5.86. The number of benzene rings is 1. The first kappa shape index (κ1) is 27.9. The molecule has 3 rings (SSSR count). The maximum Gasteiger partial charge on any atom is 0.331 e. The molecule has 1 heterocycles. The van der Waals surface area contributed by atoms with Crippen LogP contribution in [0.5, 0.6) is 0 Å². The van der Waals surface area contributed by atoms with Crippen LogP contribution in [0.3, 0.4) is 0 Å². The third-order valence-corrected chi connectivity index (χ3v) is 6.27. The summed E-state index contributed by atoms with van der Waals surface area (Å²) in [5, 5.41) is 0. The number of carbonyl (C=O) groups is 3. The number of hydrogen-bond acceptors (Lipinski definition) is 7. The maximum absolute atomic E-state index is 12.9. The Labute approximate surface area is 218 Å². The molecule has 0 amide bonds. The Kier molecular flexibility index (Phi) is 9.44. The highest BCUT2D eigenvalue weighted by Crippen LogP contribution is 2.31. The van der Waals surface area contributed by atoms with Crippen LogP contribution in [-0.2, 0) is 48.5 Å². The smallest absolute Gasteiger partial charge is 0.331 e. The van der Waals surface area contributed by atoms with Gasteiger partial charge < -0.3 is 18.8 Å². The first-order valence-corrected chi connectivity index (χ1v) is 12.5. The summed E-state index contributed by atoms with van der Waals surface area (Å²) in [6.45, 7) is 8.97. The van der Waals surface area contributed by atoms with Gasteiger partial charge in [0.05, 0.1) is 12.0 Å². The molecule has 0 saturated carbocycles. The monoisotopic (exact) mass is 508 g/mol. The molecule has 1 aliphatic rings. The van der Waals surface area contributed by atoms with Gasteiger partial charge in [0, 0.05) is 52.4 Å². The minimum absolute atomic E-state index is 0.234. The number of aryl methyl sites for hydroxylation is 2. The van der Waals surface area contributed by atoms with Gasteiger partial charge in [-0.3, -0.25) is 9.59 Å². The van der Waals surface area contributed by atoms with Crippen molar-refractivity contribution >= 4 is 24.0 Å². The van der Waals surface area contributed by atoms with Crippen molar-refractivity contribution in [1.29, 1.82) is 0 Å². The lowest BCUT2D eigenvalue weighted by Crippen LogP contribution is -2.36. The number of esters is 3. The first-order chi connectivity index (χ1) is 17.5. The Morgan fingerprint density at radius 3 is 2.41 bits per heavy atom. The molecule has 0 N–H and O–H groups in total. The van der Waals surface area contributed by atoms with E-state index in [1.165, 1.54) is 19.9 Å². The molecular formula is C29H36N2O6. The molecular weight excluding hydrogens is 472 g/mol. The van der Waals surface area contributed by atoms with E-state index in [2.05, 4.69) is 31.0 Å². The van der Waals surface area contributed by atoms with Crippen molar-refractivity contribution in [3.8, 4) is 0 Å². The Bertz CT molecular complexity index is 1190. The SMILES string of the molecule is CC(=O)OC1CC=CC(OC(C)=O)C(OC(=O)C=Cc2cn(C)cn2)Cc2c(C)ccc(C(C)C)c2C1. The van der Waals surface area contributed by atoms with E-state index in [-0.39, 0.29) is 18.0 Å². The number of carbonyl (C=O) groups excluding carboxylic acids is 3. The van der Waals surface area contributed by atoms with Crippen molar-refractivity contribution in [3.63, 3.8) is 0 Å². The van der Waals surface area contributed by atoms with Crippen LogP contribution in [0.2, 0.25) is 0 Å². The second-order valence-corrected chi connectivity index (χ2v) is 9.73. The average Bonchev–Trinajstić information content (AvgIpc) is 3.22. The van der Waals surface area contributed by atoms with Gasteiger partial charge >= 0.3 is 17.9 Å². The van der Waals surface area contributed by atoms with Gasteiger partial charge in [0.15, 0.2) is 6.10 Å². The van der Waals surface area contributed by atoms with Crippen LogP contribution >= 0.6 is 0 Å². The molecule has 37 heavy (non-hydrogen) atoms. The molecule has 3 unspecified atom stereocenters. The quantitative estimate of drug-likeness (QED) is 0.247. The zero-order valence-corrected chi connectivity index (χ0v) is 22.4. The molecule has 3 atom stereocenters. The number of aromatic nitrogens is 2. The second-order valence-electron chi connectivity index (χ2n) is 9.73. The van der Waals surface area contributed by atoms with Gasteiger partial charge in [0.25, 0.3) is 0 Å². The maximum atomic E-state index is 12.9. The van der Waals surface area contributed by atoms with E-state index in [4.69, 9.17) is 14.2 Å². The van der Waals surface area contributed by atoms with Crippen LogP contribution in [0.4, 0.5) is 0 Å². The minimum Gasteiger partial charge on any atom is -0.462 e. The van der Waals surface area contributed by atoms with E-state index in [1.807, 2.05) is 20.0 Å². The molecule has 0 fully saturated rings. The zero-order chi connectivity index (χ0) is 27.1. The van der Waals surface area contributed by atoms with Gasteiger partial charge in [-0.2, -0.15) is 0 Å². The van der Waals surface area contributed by atoms with Crippen molar-refractivity contribution in [2.75, 3.05) is 0 Å². The summed E-state index contributed by atoms with van der Waals surface area (Å²) < 4.78 is 18.9. The number of fused-ring (bicyclic) bond motifs is 1. The Hall–Kier alpha value is -3.68. The fourth-order valence-electron chi connectivity index (χ4n) is 4.61. The van der Waals surface area contributed by atoms with Crippen molar-refractivity contribution in [3.05, 3.63) is 70.8 Å². The van der Waals surface area contributed by atoms with Crippen LogP contribution in [0.1, 0.15) is 68.0 Å². The third kappa shape index (κ3) is 7.90. The van der Waals surface area contributed by atoms with E-state index < -0.39 is 24.1 Å². The minimum atomic E-state index is -0.810. The van der Waals surface area contributed by atoms with E-state index >= 15 is 0 Å². The number of hydrogen-bond donors (Lipinski definition) is 0. The molecule has 2 aromatic rings. The van der Waals surface area contributed by atoms with Gasteiger partial charge in [-0.05, 0) is 47.2 Å². The second kappa shape index (κ2) is 12.5. The van der Waals surface area contributed by atoms with E-state index in [1.54, 1.807) is 29.2 Å². The molecule has 0 bridgehead atoms. The third-order valence-electron chi connectivity index (χ3n) is 6.27. The average molecular weight is 509 g/mol. The lowest BCUT2D eigenvalue weighted by Gasteiger charge is -2.29. The summed E-state index contributed by atoms with van der Waals surface area (Å²) in [6, 6.07) is 4.16. The largest absolute Gasteiger partial charge is 0.462 e. The molecule has 198 valence electrons. The van der Waals surface area contributed by atoms with Gasteiger partial charge in [-0.1, -0.05) is 32.1 Å². The summed E-state index contributed by atoms with van der Waals surface area (Å²) in [5.41, 5.74) is 4.87. The fraction of sp³-hybridized carbons (Fsp3) is 0.448. The number of ether oxygens (including phenoxy) is 3. The van der Waals surface area contributed by atoms with E-state index in [0.29, 0.717) is 25.0 Å². The molecule has 8 nitrogen and oxygen atoms in total. The van der Waals surface area contributed by atoms with Crippen molar-refractivity contribution in [1.82, 2.24) is 9.55 Å². The summed E-state index contributed by atoms with van der Waals surface area (Å²) >= 11 is 0. The molecule has 0 aliphatic heterocycles. The van der Waals surface area contributed by atoms with Gasteiger partial charge in [-0.15, -0.1) is 0 Å². The van der Waals surface area contributed by atoms with Crippen LogP contribution in [0.15, 0.2) is 42.9 Å². The number of imidazole rings is 1. The first-order valence-electron chi connectivity index (χ1n) is 12.5. The highest BCUT2D eigenvalue weighted by Gasteiger charge is 2.30. The predicted molar refractivity (Wildman–Crippen MR) is 140 cm³/mol. The lowest BCUT2D eigenvalue weighted by molar-refractivity contribution is -0.159. The topological polar surface area (TPSA) is 96.7 Å². The zero-order valence-electron chi connectivity index (χ0n) is 22.4. The molecule has 1 aromatic heterocycles. The summed E-state index contributed by atoms with van der Waals surface area (Å²) in [5.74, 6) is -1.16. The molecule has 1 aromatic carbocycles. The Balaban J connectivity index is 2.02. The predicted octanol–water partition coefficient (Wildman–Crippen LogP) is 4.39. The molecule has 0 saturated heterocycles. The summed E-state index contributed by atoms with van der Waals surface area (Å²) in [7, 11) is 1.84. The summed E-state index contributed by atoms with van der Waals surface area (Å²) in [4.78, 5) is 40.8. The van der Waals surface area contributed by atoms with Crippen molar-refractivity contribution in [2.24, 2.45) is 7.05 Å². The molecule has 8 heteroatoms. The van der Waals surface area contributed by atoms with Crippen LogP contribution < -0.4 is 0 Å². The van der Waals surface area contributed by atoms with Crippen molar-refractivity contribution in [2.45, 2.75) is 78.1 Å². The molecule has 1 aliphatic carbocycles. The number of nitrogens with zero attached hydrogens (tertiary/aromatic N) is 2. The lowest BCUT2D eigenvalue weighted by atomic mass is 9.84. The number of rotatable bonds is 6. The molecule has 0 spiro atoms. The van der Waals surface area contributed by atoms with Crippen LogP contribution in [0, 0.1) is 6.92 Å². The normalized spacial score (nSPS) is 19.9.